The van der Waals surface area contributed by atoms with E-state index in [2.05, 4.69) is 118 Å². The van der Waals surface area contributed by atoms with Crippen LogP contribution in [-0.2, 0) is 28.6 Å². The minimum absolute atomic E-state index is 0.102. The topological polar surface area (TPSA) is 78.9 Å². The number of allylic oxidation sites excluding steroid dienone is 16. The van der Waals surface area contributed by atoms with Crippen LogP contribution in [0.2, 0.25) is 0 Å². The van der Waals surface area contributed by atoms with Crippen molar-refractivity contribution in [2.75, 3.05) is 13.2 Å². The summed E-state index contributed by atoms with van der Waals surface area (Å²) in [5.74, 6) is -0.964. The van der Waals surface area contributed by atoms with Gasteiger partial charge in [-0.3, -0.25) is 14.4 Å². The highest BCUT2D eigenvalue weighted by molar-refractivity contribution is 5.71. The van der Waals surface area contributed by atoms with Gasteiger partial charge in [0.2, 0.25) is 0 Å². The van der Waals surface area contributed by atoms with Crippen LogP contribution < -0.4 is 0 Å². The van der Waals surface area contributed by atoms with E-state index in [-0.39, 0.29) is 37.5 Å². The van der Waals surface area contributed by atoms with Crippen LogP contribution in [0.4, 0.5) is 0 Å². The maximum atomic E-state index is 12.8. The Hall–Kier alpha value is -3.67. The lowest BCUT2D eigenvalue weighted by Gasteiger charge is -2.18. The number of ether oxygens (including phenoxy) is 3. The summed E-state index contributed by atoms with van der Waals surface area (Å²) in [5, 5.41) is 0. The lowest BCUT2D eigenvalue weighted by Crippen LogP contribution is -2.30. The second kappa shape index (κ2) is 57.9. The molecule has 0 radical (unpaired) electrons. The van der Waals surface area contributed by atoms with Gasteiger partial charge in [0, 0.05) is 19.3 Å². The summed E-state index contributed by atoms with van der Waals surface area (Å²) >= 11 is 0. The fourth-order valence-corrected chi connectivity index (χ4v) is 8.02. The van der Waals surface area contributed by atoms with Crippen molar-refractivity contribution in [3.8, 4) is 0 Å². The number of esters is 3. The second-order valence-electron chi connectivity index (χ2n) is 19.1. The van der Waals surface area contributed by atoms with Crippen molar-refractivity contribution >= 4 is 17.9 Å². The molecule has 0 fully saturated rings. The zero-order chi connectivity index (χ0) is 50.7. The first-order chi connectivity index (χ1) is 34.5. The van der Waals surface area contributed by atoms with Gasteiger partial charge in [0.15, 0.2) is 6.10 Å². The maximum Gasteiger partial charge on any atom is 0.306 e. The molecule has 0 aromatic carbocycles. The Kier molecular flexibility index (Phi) is 54.9. The maximum absolute atomic E-state index is 12.8. The first kappa shape index (κ1) is 66.3. The van der Waals surface area contributed by atoms with Gasteiger partial charge in [0.25, 0.3) is 0 Å². The number of unbranched alkanes of at least 4 members (excludes halogenated alkanes) is 25. The van der Waals surface area contributed by atoms with Gasteiger partial charge in [-0.15, -0.1) is 0 Å². The van der Waals surface area contributed by atoms with Crippen LogP contribution in [0, 0.1) is 0 Å². The van der Waals surface area contributed by atoms with E-state index in [4.69, 9.17) is 14.2 Å². The number of hydrogen-bond donors (Lipinski definition) is 0. The molecule has 0 N–H and O–H groups in total. The van der Waals surface area contributed by atoms with E-state index in [1.54, 1.807) is 0 Å². The van der Waals surface area contributed by atoms with Crippen LogP contribution in [0.3, 0.4) is 0 Å². The molecule has 0 saturated heterocycles. The standard InChI is InChI=1S/C64H108O6/c1-4-7-10-13-16-19-22-25-28-31-34-36-39-42-45-48-51-54-57-63(66)69-60-61(70-64(67)58-55-52-49-46-43-40-37-33-30-27-24-21-18-15-12-9-6-3)59-68-62(65)56-53-50-47-44-41-38-35-32-29-26-23-20-17-14-11-8-5-2/h8-9,11-12,17-18,20-21,26-27,29-30,37,40,46,49,61H,4-7,10,13-16,19,22-25,28,31-36,38-39,41-45,47-48,50-60H2,1-3H3/b11-8-,12-9-,20-17-,21-18-,29-26-,30-27-,40-37-,49-46-. The molecule has 0 aliphatic heterocycles. The zero-order valence-corrected chi connectivity index (χ0v) is 45.8. The number of carbonyl (C=O) groups is 3. The molecular weight excluding hydrogens is 865 g/mol. The van der Waals surface area contributed by atoms with E-state index in [1.165, 1.54) is 122 Å². The van der Waals surface area contributed by atoms with Crippen molar-refractivity contribution in [2.45, 2.75) is 277 Å². The molecule has 6 nitrogen and oxygen atoms in total. The molecule has 0 aromatic heterocycles. The van der Waals surface area contributed by atoms with E-state index in [1.807, 2.05) is 0 Å². The highest BCUT2D eigenvalue weighted by Gasteiger charge is 2.19. The largest absolute Gasteiger partial charge is 0.462 e. The van der Waals surface area contributed by atoms with Crippen molar-refractivity contribution < 1.29 is 28.6 Å². The molecule has 6 heteroatoms. The molecule has 0 aromatic rings. The van der Waals surface area contributed by atoms with Crippen LogP contribution in [-0.4, -0.2) is 37.2 Å². The number of rotatable bonds is 52. The third kappa shape index (κ3) is 55.3. The highest BCUT2D eigenvalue weighted by atomic mass is 16.6. The van der Waals surface area contributed by atoms with Gasteiger partial charge in [-0.2, -0.15) is 0 Å². The van der Waals surface area contributed by atoms with Crippen LogP contribution in [0.1, 0.15) is 271 Å². The van der Waals surface area contributed by atoms with E-state index < -0.39 is 6.10 Å². The van der Waals surface area contributed by atoms with Crippen molar-refractivity contribution in [1.82, 2.24) is 0 Å². The summed E-state index contributed by atoms with van der Waals surface area (Å²) in [6.07, 6.45) is 76.9. The number of hydrogen-bond acceptors (Lipinski definition) is 6. The molecule has 1 atom stereocenters. The van der Waals surface area contributed by atoms with Crippen molar-refractivity contribution in [3.63, 3.8) is 0 Å². The summed E-state index contributed by atoms with van der Waals surface area (Å²) in [5.41, 5.74) is 0. The molecule has 0 rings (SSSR count). The van der Waals surface area contributed by atoms with E-state index >= 15 is 0 Å². The van der Waals surface area contributed by atoms with Gasteiger partial charge in [-0.1, -0.05) is 259 Å². The van der Waals surface area contributed by atoms with Gasteiger partial charge in [0.05, 0.1) is 0 Å². The van der Waals surface area contributed by atoms with Crippen molar-refractivity contribution in [1.29, 1.82) is 0 Å². The minimum atomic E-state index is -0.811. The van der Waals surface area contributed by atoms with Gasteiger partial charge in [-0.05, 0) is 89.9 Å². The fourth-order valence-electron chi connectivity index (χ4n) is 8.02. The Bertz CT molecular complexity index is 1400. The second-order valence-corrected chi connectivity index (χ2v) is 19.1. The number of carbonyl (C=O) groups excluding carboxylic acids is 3. The van der Waals surface area contributed by atoms with E-state index in [0.29, 0.717) is 19.3 Å². The minimum Gasteiger partial charge on any atom is -0.462 e. The Morgan fingerprint density at radius 3 is 0.914 bits per heavy atom. The molecule has 70 heavy (non-hydrogen) atoms. The normalized spacial score (nSPS) is 12.8. The Labute approximate surface area is 432 Å². The lowest BCUT2D eigenvalue weighted by molar-refractivity contribution is -0.167. The van der Waals surface area contributed by atoms with Crippen LogP contribution in [0.5, 0.6) is 0 Å². The summed E-state index contributed by atoms with van der Waals surface area (Å²) < 4.78 is 16.8. The quantitative estimate of drug-likeness (QED) is 0.0262. The van der Waals surface area contributed by atoms with Gasteiger partial charge < -0.3 is 14.2 Å². The molecule has 0 bridgehead atoms. The molecule has 0 aliphatic carbocycles. The Morgan fingerprint density at radius 2 is 0.571 bits per heavy atom. The summed E-state index contributed by atoms with van der Waals surface area (Å²) in [7, 11) is 0. The van der Waals surface area contributed by atoms with Crippen LogP contribution in [0.25, 0.3) is 0 Å². The van der Waals surface area contributed by atoms with Gasteiger partial charge in [-0.25, -0.2) is 0 Å². The lowest BCUT2D eigenvalue weighted by atomic mass is 10.0. The fraction of sp³-hybridized carbons (Fsp3) is 0.703. The predicted molar refractivity (Wildman–Crippen MR) is 302 cm³/mol. The SMILES string of the molecule is CC/C=C\C/C=C\C/C=C\C/C=C\C/C=C\CCCC(=O)OC(COC(=O)CCCCCCCCC/C=C\C/C=C\C/C=C\CC)COC(=O)CCCCCCCCCCCCCCCCCCCC. The summed E-state index contributed by atoms with van der Waals surface area (Å²) in [6.45, 7) is 6.38. The van der Waals surface area contributed by atoms with Crippen LogP contribution >= 0.6 is 0 Å². The van der Waals surface area contributed by atoms with Crippen molar-refractivity contribution in [3.05, 3.63) is 97.2 Å². The zero-order valence-electron chi connectivity index (χ0n) is 45.8. The molecule has 0 amide bonds. The molecule has 0 spiro atoms. The summed E-state index contributed by atoms with van der Waals surface area (Å²) in [4.78, 5) is 38.2. The van der Waals surface area contributed by atoms with Gasteiger partial charge >= 0.3 is 17.9 Å². The average molecular weight is 974 g/mol. The monoisotopic (exact) mass is 973 g/mol. The molecular formula is C64H108O6. The molecule has 400 valence electrons. The average Bonchev–Trinajstić information content (AvgIpc) is 3.36. The predicted octanol–water partition coefficient (Wildman–Crippen LogP) is 19.7. The van der Waals surface area contributed by atoms with Crippen molar-refractivity contribution in [2.24, 2.45) is 0 Å². The molecule has 0 heterocycles. The smallest absolute Gasteiger partial charge is 0.306 e. The summed E-state index contributed by atoms with van der Waals surface area (Å²) in [6, 6.07) is 0. The van der Waals surface area contributed by atoms with E-state index in [0.717, 1.165) is 103 Å². The van der Waals surface area contributed by atoms with E-state index in [9.17, 15) is 14.4 Å². The highest BCUT2D eigenvalue weighted by Crippen LogP contribution is 2.16. The van der Waals surface area contributed by atoms with Gasteiger partial charge in [0.1, 0.15) is 13.2 Å². The first-order valence-corrected chi connectivity index (χ1v) is 29.2. The Morgan fingerprint density at radius 1 is 0.300 bits per heavy atom. The van der Waals surface area contributed by atoms with Crippen LogP contribution in [0.15, 0.2) is 97.2 Å². The Balaban J connectivity index is 4.47. The molecule has 1 unspecified atom stereocenters. The first-order valence-electron chi connectivity index (χ1n) is 29.2. The third-order valence-electron chi connectivity index (χ3n) is 12.3. The molecule has 0 aliphatic rings. The third-order valence-corrected chi connectivity index (χ3v) is 12.3. The molecule has 0 saturated carbocycles.